The van der Waals surface area contributed by atoms with Crippen molar-refractivity contribution in [2.75, 3.05) is 43.3 Å². The molecule has 3 rings (SSSR count). The van der Waals surface area contributed by atoms with Gasteiger partial charge < -0.3 is 5.32 Å². The van der Waals surface area contributed by atoms with Crippen LogP contribution in [-0.2, 0) is 10.0 Å². The molecule has 2 aliphatic rings. The third-order valence-corrected chi connectivity index (χ3v) is 7.30. The van der Waals surface area contributed by atoms with Gasteiger partial charge in [-0.25, -0.2) is 8.42 Å². The smallest absolute Gasteiger partial charge is 0.235 e. The summed E-state index contributed by atoms with van der Waals surface area (Å²) in [6, 6.07) is 8.39. The predicted octanol–water partition coefficient (Wildman–Crippen LogP) is 2.22. The largest absolute Gasteiger partial charge is 0.317 e. The third-order valence-electron chi connectivity index (χ3n) is 5.43. The number of hydrogen-bond donors (Lipinski definition) is 1. The number of rotatable bonds is 5. The highest BCUT2D eigenvalue weighted by Gasteiger charge is 2.28. The fraction of sp³-hybridized carbons (Fsp3) is 0.667. The van der Waals surface area contributed by atoms with Gasteiger partial charge in [0.1, 0.15) is 0 Å². The van der Waals surface area contributed by atoms with E-state index < -0.39 is 10.0 Å². The van der Waals surface area contributed by atoms with E-state index in [4.69, 9.17) is 0 Å². The van der Waals surface area contributed by atoms with E-state index in [-0.39, 0.29) is 5.75 Å². The van der Waals surface area contributed by atoms with Crippen LogP contribution in [0.3, 0.4) is 0 Å². The number of anilines is 1. The Hall–Kier alpha value is -1.11. The second kappa shape index (κ2) is 7.42. The van der Waals surface area contributed by atoms with E-state index in [0.29, 0.717) is 12.6 Å². The molecule has 2 saturated heterocycles. The van der Waals surface area contributed by atoms with Crippen molar-refractivity contribution >= 4 is 15.7 Å². The third kappa shape index (κ3) is 3.92. The average Bonchev–Trinajstić information content (AvgIpc) is 2.94. The molecule has 2 heterocycles. The minimum Gasteiger partial charge on any atom is -0.317 e. The Bertz CT molecular complexity index is 639. The molecule has 0 radical (unpaired) electrons. The molecule has 0 bridgehead atoms. The Labute approximate surface area is 146 Å². The standard InChI is InChI=1S/C18H29N3O2S/c1-15(20(2)14-16-8-10-19-11-9-16)17-4-6-18(7-5-17)21-12-3-13-24(21,22)23/h4-7,15-16,19H,3,8-14H2,1-2H3. The van der Waals surface area contributed by atoms with Crippen LogP contribution in [0.25, 0.3) is 0 Å². The lowest BCUT2D eigenvalue weighted by Crippen LogP contribution is -2.35. The van der Waals surface area contributed by atoms with Crippen LogP contribution in [0.15, 0.2) is 24.3 Å². The second-order valence-electron chi connectivity index (χ2n) is 7.14. The van der Waals surface area contributed by atoms with E-state index in [1.54, 1.807) is 4.31 Å². The van der Waals surface area contributed by atoms with Crippen LogP contribution in [0.2, 0.25) is 0 Å². The summed E-state index contributed by atoms with van der Waals surface area (Å²) < 4.78 is 25.6. The number of sulfonamides is 1. The zero-order valence-corrected chi connectivity index (χ0v) is 15.6. The van der Waals surface area contributed by atoms with E-state index in [9.17, 15) is 8.42 Å². The van der Waals surface area contributed by atoms with Gasteiger partial charge in [0.05, 0.1) is 11.4 Å². The lowest BCUT2D eigenvalue weighted by molar-refractivity contribution is 0.197. The van der Waals surface area contributed by atoms with Gasteiger partial charge in [-0.3, -0.25) is 9.21 Å². The molecule has 0 aromatic heterocycles. The van der Waals surface area contributed by atoms with Crippen LogP contribution in [0.1, 0.15) is 37.8 Å². The molecule has 2 fully saturated rings. The fourth-order valence-corrected chi connectivity index (χ4v) is 5.30. The van der Waals surface area contributed by atoms with Crippen LogP contribution >= 0.6 is 0 Å². The Morgan fingerprint density at radius 2 is 1.92 bits per heavy atom. The number of hydrogen-bond acceptors (Lipinski definition) is 4. The maximum atomic E-state index is 12.0. The van der Waals surface area contributed by atoms with Crippen molar-refractivity contribution in [3.05, 3.63) is 29.8 Å². The lowest BCUT2D eigenvalue weighted by atomic mass is 9.96. The van der Waals surface area contributed by atoms with Gasteiger partial charge in [0.2, 0.25) is 10.0 Å². The molecule has 0 amide bonds. The van der Waals surface area contributed by atoms with E-state index in [1.807, 2.05) is 12.1 Å². The van der Waals surface area contributed by atoms with Crippen molar-refractivity contribution in [2.45, 2.75) is 32.2 Å². The predicted molar refractivity (Wildman–Crippen MR) is 98.8 cm³/mol. The van der Waals surface area contributed by atoms with Gasteiger partial charge in [-0.05, 0) is 69.9 Å². The summed E-state index contributed by atoms with van der Waals surface area (Å²) >= 11 is 0. The monoisotopic (exact) mass is 351 g/mol. The number of nitrogens with one attached hydrogen (secondary N) is 1. The van der Waals surface area contributed by atoms with Crippen LogP contribution < -0.4 is 9.62 Å². The minimum atomic E-state index is -3.09. The first kappa shape index (κ1) is 17.7. The Morgan fingerprint density at radius 3 is 2.50 bits per heavy atom. The molecule has 0 aliphatic carbocycles. The molecule has 1 unspecified atom stereocenters. The van der Waals surface area contributed by atoms with Gasteiger partial charge >= 0.3 is 0 Å². The van der Waals surface area contributed by atoms with Gasteiger partial charge in [-0.15, -0.1) is 0 Å². The molecule has 1 atom stereocenters. The van der Waals surface area contributed by atoms with Crippen molar-refractivity contribution in [1.29, 1.82) is 0 Å². The van der Waals surface area contributed by atoms with Gasteiger partial charge in [0, 0.05) is 19.1 Å². The quantitative estimate of drug-likeness (QED) is 0.884. The average molecular weight is 352 g/mol. The Kier molecular flexibility index (Phi) is 5.47. The molecule has 2 aliphatic heterocycles. The van der Waals surface area contributed by atoms with Crippen molar-refractivity contribution in [3.63, 3.8) is 0 Å². The van der Waals surface area contributed by atoms with Crippen LogP contribution in [0, 0.1) is 5.92 Å². The zero-order chi connectivity index (χ0) is 17.2. The Balaban J connectivity index is 1.64. The molecule has 0 saturated carbocycles. The van der Waals surface area contributed by atoms with Gasteiger partial charge in [-0.1, -0.05) is 12.1 Å². The minimum absolute atomic E-state index is 0.268. The lowest BCUT2D eigenvalue weighted by Gasteiger charge is -2.31. The number of piperidine rings is 1. The molecule has 6 heteroatoms. The summed E-state index contributed by atoms with van der Waals surface area (Å²) in [6.07, 6.45) is 3.23. The first-order valence-electron chi connectivity index (χ1n) is 8.99. The number of nitrogens with zero attached hydrogens (tertiary/aromatic N) is 2. The van der Waals surface area contributed by atoms with Gasteiger partial charge in [0.15, 0.2) is 0 Å². The summed E-state index contributed by atoms with van der Waals surface area (Å²) in [7, 11) is -0.906. The highest BCUT2D eigenvalue weighted by molar-refractivity contribution is 7.93. The van der Waals surface area contributed by atoms with Crippen molar-refractivity contribution in [2.24, 2.45) is 5.92 Å². The topological polar surface area (TPSA) is 52.7 Å². The SMILES string of the molecule is CC(c1ccc(N2CCCS2(=O)=O)cc1)N(C)CC1CCNCC1. The summed E-state index contributed by atoms with van der Waals surface area (Å²) in [4.78, 5) is 2.41. The van der Waals surface area contributed by atoms with Crippen LogP contribution in [0.5, 0.6) is 0 Å². The molecular formula is C18H29N3O2S. The van der Waals surface area contributed by atoms with Gasteiger partial charge in [-0.2, -0.15) is 0 Å². The molecule has 0 spiro atoms. The molecule has 1 aromatic carbocycles. The van der Waals surface area contributed by atoms with E-state index in [0.717, 1.165) is 37.7 Å². The first-order valence-corrected chi connectivity index (χ1v) is 10.6. The van der Waals surface area contributed by atoms with Crippen molar-refractivity contribution < 1.29 is 8.42 Å². The molecule has 24 heavy (non-hydrogen) atoms. The fourth-order valence-electron chi connectivity index (χ4n) is 3.73. The normalized spacial score (nSPS) is 22.9. The van der Waals surface area contributed by atoms with E-state index >= 15 is 0 Å². The second-order valence-corrected chi connectivity index (χ2v) is 9.16. The molecule has 134 valence electrons. The summed E-state index contributed by atoms with van der Waals surface area (Å²) in [6.45, 7) is 6.21. The zero-order valence-electron chi connectivity index (χ0n) is 14.7. The summed E-state index contributed by atoms with van der Waals surface area (Å²) in [5.74, 6) is 1.04. The highest BCUT2D eigenvalue weighted by Crippen LogP contribution is 2.27. The maximum Gasteiger partial charge on any atom is 0.235 e. The van der Waals surface area contributed by atoms with E-state index in [2.05, 4.69) is 36.3 Å². The number of benzene rings is 1. The highest BCUT2D eigenvalue weighted by atomic mass is 32.2. The first-order chi connectivity index (χ1) is 11.5. The van der Waals surface area contributed by atoms with E-state index in [1.165, 1.54) is 18.4 Å². The van der Waals surface area contributed by atoms with Gasteiger partial charge in [0.25, 0.3) is 0 Å². The van der Waals surface area contributed by atoms with Crippen LogP contribution in [-0.4, -0.2) is 52.3 Å². The summed E-state index contributed by atoms with van der Waals surface area (Å²) in [5, 5.41) is 3.42. The molecule has 5 nitrogen and oxygen atoms in total. The van der Waals surface area contributed by atoms with Crippen molar-refractivity contribution in [3.8, 4) is 0 Å². The summed E-state index contributed by atoms with van der Waals surface area (Å²) in [5.41, 5.74) is 2.04. The van der Waals surface area contributed by atoms with Crippen LogP contribution in [0.4, 0.5) is 5.69 Å². The Morgan fingerprint density at radius 1 is 1.25 bits per heavy atom. The maximum absolute atomic E-state index is 12.0. The molecular weight excluding hydrogens is 322 g/mol. The molecule has 1 N–H and O–H groups in total. The molecule has 1 aromatic rings. The van der Waals surface area contributed by atoms with Crippen molar-refractivity contribution in [1.82, 2.24) is 10.2 Å².